The van der Waals surface area contributed by atoms with Crippen molar-refractivity contribution in [2.75, 3.05) is 0 Å². The first-order chi connectivity index (χ1) is 7.59. The second-order valence-corrected chi connectivity index (χ2v) is 5.23. The predicted molar refractivity (Wildman–Crippen MR) is 70.7 cm³/mol. The summed E-state index contributed by atoms with van der Waals surface area (Å²) in [5, 5.41) is 1.11. The summed E-state index contributed by atoms with van der Waals surface area (Å²) in [4.78, 5) is -0.00253. The second kappa shape index (κ2) is 4.82. The molecule has 1 aromatic heterocycles. The molecule has 1 nitrogen and oxygen atoms in total. The Hall–Kier alpha value is -0.440. The van der Waals surface area contributed by atoms with E-state index < -0.39 is 0 Å². The minimum Gasteiger partial charge on any atom is -0.468 e. The van der Waals surface area contributed by atoms with Crippen LogP contribution in [0, 0.1) is 6.92 Å². The Morgan fingerprint density at radius 2 is 1.94 bits per heavy atom. The lowest BCUT2D eigenvalue weighted by molar-refractivity contribution is 0.517. The molecule has 1 unspecified atom stereocenters. The van der Waals surface area contributed by atoms with Crippen LogP contribution in [0.15, 0.2) is 34.9 Å². The molecule has 2 aromatic rings. The second-order valence-electron chi connectivity index (χ2n) is 3.50. The van der Waals surface area contributed by atoms with Crippen LogP contribution in [0.3, 0.4) is 0 Å². The van der Waals surface area contributed by atoms with Gasteiger partial charge in [-0.05, 0) is 36.2 Å². The van der Waals surface area contributed by atoms with Gasteiger partial charge >= 0.3 is 0 Å². The highest BCUT2D eigenvalue weighted by Crippen LogP contribution is 2.35. The van der Waals surface area contributed by atoms with Gasteiger partial charge in [0.15, 0.2) is 0 Å². The molecular weight excluding hydrogens is 311 g/mol. The highest BCUT2D eigenvalue weighted by molar-refractivity contribution is 9.09. The van der Waals surface area contributed by atoms with Crippen molar-refractivity contribution in [3.63, 3.8) is 0 Å². The summed E-state index contributed by atoms with van der Waals surface area (Å²) in [6, 6.07) is 7.48. The van der Waals surface area contributed by atoms with Crippen molar-refractivity contribution in [2.45, 2.75) is 11.8 Å². The molecule has 1 atom stereocenters. The molecule has 0 aliphatic rings. The first kappa shape index (κ1) is 12.0. The van der Waals surface area contributed by atoms with E-state index in [0.717, 1.165) is 16.9 Å². The Labute approximate surface area is 112 Å². The van der Waals surface area contributed by atoms with Gasteiger partial charge in [0.1, 0.15) is 5.76 Å². The minimum atomic E-state index is -0.00253. The molecule has 0 aliphatic carbocycles. The molecule has 2 rings (SSSR count). The molecule has 0 radical (unpaired) electrons. The van der Waals surface area contributed by atoms with Crippen LogP contribution in [-0.2, 0) is 0 Å². The topological polar surface area (TPSA) is 13.1 Å². The van der Waals surface area contributed by atoms with Crippen molar-refractivity contribution < 1.29 is 4.42 Å². The van der Waals surface area contributed by atoms with E-state index in [2.05, 4.69) is 15.9 Å². The molecule has 1 heterocycles. The van der Waals surface area contributed by atoms with E-state index in [4.69, 9.17) is 27.6 Å². The Bertz CT molecular complexity index is 507. The SMILES string of the molecule is Cc1ccoc1C(Br)c1ccc(Cl)c(Cl)c1. The molecule has 0 fully saturated rings. The van der Waals surface area contributed by atoms with Crippen LogP contribution in [-0.4, -0.2) is 0 Å². The lowest BCUT2D eigenvalue weighted by Gasteiger charge is -2.09. The molecule has 0 saturated heterocycles. The quantitative estimate of drug-likeness (QED) is 0.677. The number of hydrogen-bond donors (Lipinski definition) is 0. The van der Waals surface area contributed by atoms with Crippen LogP contribution < -0.4 is 0 Å². The zero-order valence-electron chi connectivity index (χ0n) is 8.51. The van der Waals surface area contributed by atoms with Gasteiger partial charge in [0.25, 0.3) is 0 Å². The van der Waals surface area contributed by atoms with Crippen LogP contribution >= 0.6 is 39.1 Å². The molecular formula is C12H9BrCl2O. The van der Waals surface area contributed by atoms with Gasteiger partial charge in [0, 0.05) is 0 Å². The number of hydrogen-bond acceptors (Lipinski definition) is 1. The first-order valence-electron chi connectivity index (χ1n) is 4.72. The summed E-state index contributed by atoms with van der Waals surface area (Å²) < 4.78 is 5.43. The van der Waals surface area contributed by atoms with E-state index in [1.807, 2.05) is 25.1 Å². The lowest BCUT2D eigenvalue weighted by atomic mass is 10.1. The first-order valence-corrected chi connectivity index (χ1v) is 6.40. The van der Waals surface area contributed by atoms with E-state index in [9.17, 15) is 0 Å². The van der Waals surface area contributed by atoms with Crippen LogP contribution in [0.5, 0.6) is 0 Å². The van der Waals surface area contributed by atoms with E-state index in [-0.39, 0.29) is 4.83 Å². The number of aryl methyl sites for hydroxylation is 1. The molecule has 84 valence electrons. The average molecular weight is 320 g/mol. The maximum atomic E-state index is 5.98. The summed E-state index contributed by atoms with van der Waals surface area (Å²) in [7, 11) is 0. The maximum Gasteiger partial charge on any atom is 0.124 e. The zero-order valence-corrected chi connectivity index (χ0v) is 11.6. The summed E-state index contributed by atoms with van der Waals surface area (Å²) in [5.74, 6) is 0.887. The van der Waals surface area contributed by atoms with Gasteiger partial charge in [-0.3, -0.25) is 0 Å². The normalized spacial score (nSPS) is 12.8. The molecule has 0 aliphatic heterocycles. The molecule has 0 saturated carbocycles. The monoisotopic (exact) mass is 318 g/mol. The van der Waals surface area contributed by atoms with Crippen LogP contribution in [0.1, 0.15) is 21.7 Å². The van der Waals surface area contributed by atoms with Crippen molar-refractivity contribution in [3.8, 4) is 0 Å². The molecule has 0 spiro atoms. The van der Waals surface area contributed by atoms with E-state index in [1.54, 1.807) is 12.3 Å². The van der Waals surface area contributed by atoms with Crippen LogP contribution in [0.25, 0.3) is 0 Å². The van der Waals surface area contributed by atoms with Crippen molar-refractivity contribution in [1.82, 2.24) is 0 Å². The summed E-state index contributed by atoms with van der Waals surface area (Å²) in [5.41, 5.74) is 2.13. The summed E-state index contributed by atoms with van der Waals surface area (Å²) in [6.45, 7) is 2.00. The Balaban J connectivity index is 2.38. The lowest BCUT2D eigenvalue weighted by Crippen LogP contribution is -1.92. The van der Waals surface area contributed by atoms with Gasteiger partial charge in [0.05, 0.1) is 21.1 Å². The molecule has 4 heteroatoms. The van der Waals surface area contributed by atoms with Gasteiger partial charge in [-0.1, -0.05) is 45.2 Å². The van der Waals surface area contributed by atoms with Gasteiger partial charge in [-0.2, -0.15) is 0 Å². The fourth-order valence-corrected chi connectivity index (χ4v) is 2.53. The Morgan fingerprint density at radius 1 is 1.19 bits per heavy atom. The van der Waals surface area contributed by atoms with Gasteiger partial charge in [0.2, 0.25) is 0 Å². The summed E-state index contributed by atoms with van der Waals surface area (Å²) >= 11 is 15.4. The Kier molecular flexibility index (Phi) is 3.63. The molecule has 0 N–H and O–H groups in total. The third kappa shape index (κ3) is 2.29. The number of benzene rings is 1. The number of furan rings is 1. The largest absolute Gasteiger partial charge is 0.468 e. The fourth-order valence-electron chi connectivity index (χ4n) is 1.47. The van der Waals surface area contributed by atoms with Crippen molar-refractivity contribution >= 4 is 39.1 Å². The van der Waals surface area contributed by atoms with Crippen molar-refractivity contribution in [2.24, 2.45) is 0 Å². The maximum absolute atomic E-state index is 5.98. The predicted octanol–water partition coefficient (Wildman–Crippen LogP) is 5.38. The van der Waals surface area contributed by atoms with Gasteiger partial charge in [-0.15, -0.1) is 0 Å². The smallest absolute Gasteiger partial charge is 0.124 e. The third-order valence-corrected chi connectivity index (χ3v) is 4.05. The number of rotatable bonds is 2. The molecule has 1 aromatic carbocycles. The average Bonchev–Trinajstić information content (AvgIpc) is 2.67. The van der Waals surface area contributed by atoms with Crippen LogP contribution in [0.2, 0.25) is 10.0 Å². The molecule has 0 bridgehead atoms. The number of halogens is 3. The van der Waals surface area contributed by atoms with Crippen molar-refractivity contribution in [3.05, 3.63) is 57.5 Å². The van der Waals surface area contributed by atoms with Crippen molar-refractivity contribution in [1.29, 1.82) is 0 Å². The fraction of sp³-hybridized carbons (Fsp3) is 0.167. The zero-order chi connectivity index (χ0) is 11.7. The third-order valence-electron chi connectivity index (χ3n) is 2.37. The van der Waals surface area contributed by atoms with Gasteiger partial charge < -0.3 is 4.42 Å². The van der Waals surface area contributed by atoms with Crippen LogP contribution in [0.4, 0.5) is 0 Å². The highest BCUT2D eigenvalue weighted by Gasteiger charge is 2.16. The standard InChI is InChI=1S/C12H9BrCl2O/c1-7-4-5-16-12(7)11(13)8-2-3-9(14)10(15)6-8/h2-6,11H,1H3. The molecule has 0 amide bonds. The van der Waals surface area contributed by atoms with E-state index in [1.165, 1.54) is 0 Å². The Morgan fingerprint density at radius 3 is 2.50 bits per heavy atom. The van der Waals surface area contributed by atoms with Gasteiger partial charge in [-0.25, -0.2) is 0 Å². The highest BCUT2D eigenvalue weighted by atomic mass is 79.9. The molecule has 16 heavy (non-hydrogen) atoms. The number of alkyl halides is 1. The summed E-state index contributed by atoms with van der Waals surface area (Å²) in [6.07, 6.45) is 1.68. The van der Waals surface area contributed by atoms with E-state index >= 15 is 0 Å². The minimum absolute atomic E-state index is 0.00253. The van der Waals surface area contributed by atoms with E-state index in [0.29, 0.717) is 10.0 Å².